The minimum absolute atomic E-state index is 0.00690. The minimum atomic E-state index is -0.0824. The Kier molecular flexibility index (Phi) is 4.74. The van der Waals surface area contributed by atoms with Crippen molar-refractivity contribution in [2.75, 3.05) is 18.0 Å². The summed E-state index contributed by atoms with van der Waals surface area (Å²) in [7, 11) is 1.77. The standard InChI is InChI=1S/C18H26N6O/c1-18(2,3)15-7-8-16(22-21-15)24-11-5-6-13(12-24)20-17(25)14-9-10-19-23(14)4/h7-10,13H,5-6,11-12H2,1-4H3,(H,20,25). The number of rotatable bonds is 3. The zero-order chi connectivity index (χ0) is 18.0. The van der Waals surface area contributed by atoms with E-state index in [4.69, 9.17) is 0 Å². The summed E-state index contributed by atoms with van der Waals surface area (Å²) in [4.78, 5) is 14.6. The maximum atomic E-state index is 12.4. The maximum absolute atomic E-state index is 12.4. The molecule has 0 bridgehead atoms. The molecular weight excluding hydrogens is 316 g/mol. The van der Waals surface area contributed by atoms with E-state index in [1.807, 2.05) is 12.1 Å². The molecule has 1 amide bonds. The molecule has 0 aliphatic carbocycles. The quantitative estimate of drug-likeness (QED) is 0.922. The average Bonchev–Trinajstić information content (AvgIpc) is 3.01. The van der Waals surface area contributed by atoms with Crippen molar-refractivity contribution in [2.24, 2.45) is 7.05 Å². The van der Waals surface area contributed by atoms with Crippen LogP contribution in [-0.2, 0) is 12.5 Å². The third-order valence-corrected chi connectivity index (χ3v) is 4.55. The van der Waals surface area contributed by atoms with Crippen LogP contribution in [0.15, 0.2) is 24.4 Å². The Bertz CT molecular complexity index is 731. The Hall–Kier alpha value is -2.44. The number of aryl methyl sites for hydroxylation is 1. The van der Waals surface area contributed by atoms with Crippen molar-refractivity contribution in [2.45, 2.75) is 45.1 Å². The highest BCUT2D eigenvalue weighted by Crippen LogP contribution is 2.22. The second kappa shape index (κ2) is 6.82. The molecule has 1 saturated heterocycles. The van der Waals surface area contributed by atoms with Crippen LogP contribution < -0.4 is 10.2 Å². The fourth-order valence-corrected chi connectivity index (χ4v) is 3.05. The van der Waals surface area contributed by atoms with Gasteiger partial charge in [-0.1, -0.05) is 20.8 Å². The Balaban J connectivity index is 1.65. The van der Waals surface area contributed by atoms with E-state index in [2.05, 4.69) is 46.3 Å². The van der Waals surface area contributed by atoms with Crippen molar-refractivity contribution >= 4 is 11.7 Å². The van der Waals surface area contributed by atoms with E-state index in [0.717, 1.165) is 37.4 Å². The van der Waals surface area contributed by atoms with Crippen LogP contribution in [0.2, 0.25) is 0 Å². The molecule has 1 unspecified atom stereocenters. The van der Waals surface area contributed by atoms with E-state index in [9.17, 15) is 4.79 Å². The van der Waals surface area contributed by atoms with Gasteiger partial charge in [-0.15, -0.1) is 5.10 Å². The Morgan fingerprint density at radius 3 is 2.64 bits per heavy atom. The summed E-state index contributed by atoms with van der Waals surface area (Å²) < 4.78 is 1.59. The highest BCUT2D eigenvalue weighted by molar-refractivity contribution is 5.92. The predicted molar refractivity (Wildman–Crippen MR) is 96.6 cm³/mol. The van der Waals surface area contributed by atoms with Gasteiger partial charge in [0.15, 0.2) is 5.82 Å². The van der Waals surface area contributed by atoms with Gasteiger partial charge in [0.2, 0.25) is 0 Å². The number of hydrogen-bond acceptors (Lipinski definition) is 5. The number of nitrogens with zero attached hydrogens (tertiary/aromatic N) is 5. The monoisotopic (exact) mass is 342 g/mol. The van der Waals surface area contributed by atoms with Gasteiger partial charge in [-0.05, 0) is 31.0 Å². The largest absolute Gasteiger partial charge is 0.353 e. The first-order valence-corrected chi connectivity index (χ1v) is 8.72. The highest BCUT2D eigenvalue weighted by Gasteiger charge is 2.24. The van der Waals surface area contributed by atoms with Gasteiger partial charge in [-0.2, -0.15) is 10.2 Å². The molecule has 1 aliphatic rings. The number of anilines is 1. The summed E-state index contributed by atoms with van der Waals surface area (Å²) in [5.41, 5.74) is 1.55. The van der Waals surface area contributed by atoms with Crippen LogP contribution in [-0.4, -0.2) is 45.0 Å². The molecule has 0 radical (unpaired) electrons. The van der Waals surface area contributed by atoms with E-state index in [-0.39, 0.29) is 17.4 Å². The fraction of sp³-hybridized carbons (Fsp3) is 0.556. The third kappa shape index (κ3) is 3.97. The van der Waals surface area contributed by atoms with E-state index in [1.165, 1.54) is 0 Å². The number of piperidine rings is 1. The molecule has 1 fully saturated rings. The lowest BCUT2D eigenvalue weighted by Crippen LogP contribution is -2.48. The van der Waals surface area contributed by atoms with Gasteiger partial charge in [-0.3, -0.25) is 9.48 Å². The van der Waals surface area contributed by atoms with Crippen LogP contribution >= 0.6 is 0 Å². The molecule has 25 heavy (non-hydrogen) atoms. The molecule has 0 saturated carbocycles. The molecule has 1 N–H and O–H groups in total. The molecule has 7 nitrogen and oxygen atoms in total. The first kappa shape index (κ1) is 17.4. The predicted octanol–water partition coefficient (Wildman–Crippen LogP) is 1.91. The van der Waals surface area contributed by atoms with Gasteiger partial charge < -0.3 is 10.2 Å². The molecule has 2 aromatic rings. The lowest BCUT2D eigenvalue weighted by atomic mass is 9.92. The minimum Gasteiger partial charge on any atom is -0.353 e. The van der Waals surface area contributed by atoms with Crippen molar-refractivity contribution in [3.05, 3.63) is 35.8 Å². The van der Waals surface area contributed by atoms with Crippen molar-refractivity contribution in [3.8, 4) is 0 Å². The normalized spacial score (nSPS) is 18.2. The lowest BCUT2D eigenvalue weighted by Gasteiger charge is -2.33. The van der Waals surface area contributed by atoms with Gasteiger partial charge in [0.1, 0.15) is 5.69 Å². The van der Waals surface area contributed by atoms with Crippen LogP contribution in [0.5, 0.6) is 0 Å². The number of amides is 1. The van der Waals surface area contributed by atoms with E-state index in [0.29, 0.717) is 5.69 Å². The fourth-order valence-electron chi connectivity index (χ4n) is 3.05. The zero-order valence-corrected chi connectivity index (χ0v) is 15.4. The summed E-state index contributed by atoms with van der Waals surface area (Å²) >= 11 is 0. The van der Waals surface area contributed by atoms with Gasteiger partial charge in [0, 0.05) is 37.8 Å². The first-order valence-electron chi connectivity index (χ1n) is 8.72. The third-order valence-electron chi connectivity index (χ3n) is 4.55. The Labute approximate surface area is 148 Å². The molecule has 2 aromatic heterocycles. The Morgan fingerprint density at radius 2 is 2.04 bits per heavy atom. The molecule has 1 atom stereocenters. The highest BCUT2D eigenvalue weighted by atomic mass is 16.2. The summed E-state index contributed by atoms with van der Waals surface area (Å²) in [5.74, 6) is 0.786. The first-order chi connectivity index (χ1) is 11.8. The smallest absolute Gasteiger partial charge is 0.269 e. The van der Waals surface area contributed by atoms with Gasteiger partial charge in [-0.25, -0.2) is 0 Å². The van der Waals surface area contributed by atoms with Crippen molar-refractivity contribution in [1.82, 2.24) is 25.3 Å². The van der Waals surface area contributed by atoms with Crippen LogP contribution in [0, 0.1) is 0 Å². The zero-order valence-electron chi connectivity index (χ0n) is 15.4. The summed E-state index contributed by atoms with van der Waals surface area (Å²) in [6.45, 7) is 8.06. The summed E-state index contributed by atoms with van der Waals surface area (Å²) in [5, 5.41) is 15.9. The van der Waals surface area contributed by atoms with E-state index < -0.39 is 0 Å². The van der Waals surface area contributed by atoms with Crippen molar-refractivity contribution in [3.63, 3.8) is 0 Å². The molecule has 0 aromatic carbocycles. The molecule has 3 rings (SSSR count). The molecule has 0 spiro atoms. The second-order valence-corrected chi connectivity index (χ2v) is 7.63. The van der Waals surface area contributed by atoms with Crippen LogP contribution in [0.3, 0.4) is 0 Å². The van der Waals surface area contributed by atoms with Crippen molar-refractivity contribution < 1.29 is 4.79 Å². The van der Waals surface area contributed by atoms with Crippen LogP contribution in [0.4, 0.5) is 5.82 Å². The van der Waals surface area contributed by atoms with Gasteiger partial charge in [0.05, 0.1) is 5.69 Å². The number of carbonyl (C=O) groups is 1. The molecule has 7 heteroatoms. The number of aromatic nitrogens is 4. The maximum Gasteiger partial charge on any atom is 0.269 e. The van der Waals surface area contributed by atoms with Gasteiger partial charge in [0.25, 0.3) is 5.91 Å². The van der Waals surface area contributed by atoms with Crippen LogP contribution in [0.1, 0.15) is 49.8 Å². The number of nitrogens with one attached hydrogen (secondary N) is 1. The topological polar surface area (TPSA) is 75.9 Å². The lowest BCUT2D eigenvalue weighted by molar-refractivity contribution is 0.0923. The van der Waals surface area contributed by atoms with Crippen LogP contribution in [0.25, 0.3) is 0 Å². The second-order valence-electron chi connectivity index (χ2n) is 7.63. The van der Waals surface area contributed by atoms with E-state index in [1.54, 1.807) is 24.0 Å². The van der Waals surface area contributed by atoms with E-state index >= 15 is 0 Å². The SMILES string of the molecule is Cn1nccc1C(=O)NC1CCCN(c2ccc(C(C)(C)C)nn2)C1. The van der Waals surface area contributed by atoms with Crippen molar-refractivity contribution in [1.29, 1.82) is 0 Å². The molecule has 3 heterocycles. The average molecular weight is 342 g/mol. The summed E-state index contributed by atoms with van der Waals surface area (Å²) in [6, 6.07) is 5.89. The summed E-state index contributed by atoms with van der Waals surface area (Å²) in [6.07, 6.45) is 3.61. The molecular formula is C18H26N6O. The number of carbonyl (C=O) groups excluding carboxylic acids is 1. The number of hydrogen-bond donors (Lipinski definition) is 1. The Morgan fingerprint density at radius 1 is 1.24 bits per heavy atom. The molecule has 134 valence electrons. The molecule has 1 aliphatic heterocycles. The van der Waals surface area contributed by atoms with Gasteiger partial charge >= 0.3 is 0 Å².